The molecule has 35 heavy (non-hydrogen) atoms. The Hall–Kier alpha value is -2.91. The average molecular weight is 507 g/mol. The Morgan fingerprint density at radius 1 is 0.943 bits per heavy atom. The lowest BCUT2D eigenvalue weighted by atomic mass is 10.0. The molecular weight excluding hydrogens is 480 g/mol. The Morgan fingerprint density at radius 2 is 1.60 bits per heavy atom. The van der Waals surface area contributed by atoms with Gasteiger partial charge in [0.1, 0.15) is 5.82 Å². The largest absolute Gasteiger partial charge is 0.416 e. The number of aryl methyl sites for hydroxylation is 1. The van der Waals surface area contributed by atoms with Crippen LogP contribution in [0.2, 0.25) is 0 Å². The zero-order valence-corrected chi connectivity index (χ0v) is 20.0. The van der Waals surface area contributed by atoms with Gasteiger partial charge in [-0.2, -0.15) is 13.2 Å². The van der Waals surface area contributed by atoms with Crippen LogP contribution < -0.4 is 4.31 Å². The molecule has 0 atom stereocenters. The third kappa shape index (κ3) is 5.85. The molecule has 0 N–H and O–H groups in total. The van der Waals surface area contributed by atoms with Crippen LogP contribution in [0.25, 0.3) is 0 Å². The molecule has 0 aliphatic carbocycles. The van der Waals surface area contributed by atoms with Crippen molar-refractivity contribution in [3.63, 3.8) is 0 Å². The average Bonchev–Trinajstić information content (AvgIpc) is 2.81. The summed E-state index contributed by atoms with van der Waals surface area (Å²) >= 11 is 0. The van der Waals surface area contributed by atoms with Gasteiger partial charge < -0.3 is 0 Å². The lowest BCUT2D eigenvalue weighted by molar-refractivity contribution is -0.137. The minimum Gasteiger partial charge on any atom is -0.299 e. The Kier molecular flexibility index (Phi) is 7.19. The molecule has 0 aromatic heterocycles. The van der Waals surface area contributed by atoms with Gasteiger partial charge in [0, 0.05) is 25.7 Å². The van der Waals surface area contributed by atoms with Crippen molar-refractivity contribution in [1.82, 2.24) is 4.90 Å². The van der Waals surface area contributed by atoms with E-state index in [9.17, 15) is 26.0 Å². The summed E-state index contributed by atoms with van der Waals surface area (Å²) in [5, 5.41) is 0. The topological polar surface area (TPSA) is 40.6 Å². The second-order valence-electron chi connectivity index (χ2n) is 8.80. The number of hydrogen-bond donors (Lipinski definition) is 0. The molecule has 1 aliphatic rings. The molecule has 186 valence electrons. The molecule has 0 radical (unpaired) electrons. The minimum atomic E-state index is -4.40. The van der Waals surface area contributed by atoms with Crippen LogP contribution in [0.3, 0.4) is 0 Å². The van der Waals surface area contributed by atoms with E-state index in [1.165, 1.54) is 34.6 Å². The molecule has 3 aromatic rings. The summed E-state index contributed by atoms with van der Waals surface area (Å²) in [6.45, 7) is 3.19. The van der Waals surface area contributed by atoms with E-state index in [0.29, 0.717) is 43.7 Å². The van der Waals surface area contributed by atoms with Gasteiger partial charge in [0.25, 0.3) is 10.0 Å². The van der Waals surface area contributed by atoms with Crippen molar-refractivity contribution in [2.45, 2.75) is 43.4 Å². The predicted molar refractivity (Wildman–Crippen MR) is 127 cm³/mol. The molecule has 0 amide bonds. The summed E-state index contributed by atoms with van der Waals surface area (Å²) in [6, 6.07) is 16.9. The highest BCUT2D eigenvalue weighted by atomic mass is 32.2. The Bertz CT molecular complexity index is 1270. The fourth-order valence-corrected chi connectivity index (χ4v) is 6.25. The molecule has 3 aromatic carbocycles. The Labute approximate surface area is 202 Å². The van der Waals surface area contributed by atoms with Gasteiger partial charge >= 0.3 is 6.18 Å². The number of nitrogens with zero attached hydrogens (tertiary/aromatic N) is 2. The summed E-state index contributed by atoms with van der Waals surface area (Å²) in [7, 11) is -3.92. The summed E-state index contributed by atoms with van der Waals surface area (Å²) in [6.07, 6.45) is -3.43. The molecule has 9 heteroatoms. The molecule has 0 bridgehead atoms. The van der Waals surface area contributed by atoms with Crippen LogP contribution in [0.5, 0.6) is 0 Å². The third-order valence-corrected chi connectivity index (χ3v) is 8.05. The van der Waals surface area contributed by atoms with Crippen LogP contribution in [0.4, 0.5) is 23.2 Å². The second-order valence-corrected chi connectivity index (χ2v) is 10.6. The Morgan fingerprint density at radius 3 is 2.23 bits per heavy atom. The highest BCUT2D eigenvalue weighted by Gasteiger charge is 2.35. The van der Waals surface area contributed by atoms with Crippen LogP contribution in [-0.4, -0.2) is 32.4 Å². The number of halogens is 4. The van der Waals surface area contributed by atoms with Crippen molar-refractivity contribution in [3.8, 4) is 0 Å². The van der Waals surface area contributed by atoms with Gasteiger partial charge in [0.05, 0.1) is 16.1 Å². The van der Waals surface area contributed by atoms with Gasteiger partial charge in [-0.3, -0.25) is 9.21 Å². The first-order valence-corrected chi connectivity index (χ1v) is 12.7. The maximum atomic E-state index is 13.7. The first kappa shape index (κ1) is 25.2. The van der Waals surface area contributed by atoms with Crippen LogP contribution in [0.1, 0.15) is 29.5 Å². The minimum absolute atomic E-state index is 0.160. The van der Waals surface area contributed by atoms with E-state index in [2.05, 4.69) is 0 Å². The van der Waals surface area contributed by atoms with E-state index in [1.54, 1.807) is 24.3 Å². The van der Waals surface area contributed by atoms with Gasteiger partial charge in [0.15, 0.2) is 0 Å². The molecule has 0 spiro atoms. The van der Waals surface area contributed by atoms with Gasteiger partial charge in [-0.1, -0.05) is 30.3 Å². The van der Waals surface area contributed by atoms with Crippen LogP contribution in [-0.2, 0) is 22.7 Å². The van der Waals surface area contributed by atoms with E-state index in [-0.39, 0.29) is 10.9 Å². The molecular formula is C26H26F4N2O2S. The lowest BCUT2D eigenvalue weighted by Crippen LogP contribution is -2.47. The number of hydrogen-bond acceptors (Lipinski definition) is 3. The quantitative estimate of drug-likeness (QED) is 0.385. The molecule has 1 heterocycles. The van der Waals surface area contributed by atoms with Gasteiger partial charge in [0.2, 0.25) is 0 Å². The van der Waals surface area contributed by atoms with Crippen LogP contribution in [0, 0.1) is 12.7 Å². The van der Waals surface area contributed by atoms with Crippen molar-refractivity contribution in [3.05, 3.63) is 95.3 Å². The molecule has 1 saturated heterocycles. The highest BCUT2D eigenvalue weighted by Crippen LogP contribution is 2.32. The normalized spacial score (nSPS) is 15.8. The first-order valence-electron chi connectivity index (χ1n) is 11.3. The van der Waals surface area contributed by atoms with Crippen molar-refractivity contribution < 1.29 is 26.0 Å². The van der Waals surface area contributed by atoms with Crippen molar-refractivity contribution >= 4 is 15.7 Å². The molecule has 0 saturated carbocycles. The third-order valence-electron chi connectivity index (χ3n) is 6.18. The fourth-order valence-electron chi connectivity index (χ4n) is 4.44. The number of alkyl halides is 3. The Balaban J connectivity index is 1.55. The number of piperidine rings is 1. The monoisotopic (exact) mass is 506 g/mol. The molecule has 1 fully saturated rings. The van der Waals surface area contributed by atoms with E-state index in [1.807, 2.05) is 17.9 Å². The fraction of sp³-hybridized carbons (Fsp3) is 0.308. The second kappa shape index (κ2) is 9.99. The molecule has 0 unspecified atom stereocenters. The van der Waals surface area contributed by atoms with E-state index in [4.69, 9.17) is 0 Å². The van der Waals surface area contributed by atoms with E-state index < -0.39 is 27.6 Å². The number of anilines is 1. The summed E-state index contributed by atoms with van der Waals surface area (Å²) in [4.78, 5) is 2.18. The zero-order chi connectivity index (χ0) is 25.2. The number of rotatable bonds is 6. The molecule has 1 aliphatic heterocycles. The molecule has 4 nitrogen and oxygen atoms in total. The van der Waals surface area contributed by atoms with E-state index in [0.717, 1.165) is 17.7 Å². The van der Waals surface area contributed by atoms with Crippen LogP contribution in [0.15, 0.2) is 77.7 Å². The standard InChI is InChI=1S/C26H26F4N2O2S/c1-19-4-2-7-25(16-19)35(33,34)32(23-10-8-22(27)9-11-23)24-12-14-31(15-13-24)18-20-5-3-6-21(17-20)26(28,29)30/h2-11,16-17,24H,12-15,18H2,1H3. The lowest BCUT2D eigenvalue weighted by Gasteiger charge is -2.39. The maximum Gasteiger partial charge on any atom is 0.416 e. The van der Waals surface area contributed by atoms with Gasteiger partial charge in [-0.15, -0.1) is 0 Å². The highest BCUT2D eigenvalue weighted by molar-refractivity contribution is 7.92. The summed E-state index contributed by atoms with van der Waals surface area (Å²) in [5.74, 6) is -0.461. The van der Waals surface area contributed by atoms with Gasteiger partial charge in [-0.05, 0) is 73.4 Å². The zero-order valence-electron chi connectivity index (χ0n) is 19.2. The first-order chi connectivity index (χ1) is 16.5. The summed E-state index contributed by atoms with van der Waals surface area (Å²) < 4.78 is 81.5. The maximum absolute atomic E-state index is 13.7. The summed E-state index contributed by atoms with van der Waals surface area (Å²) in [5.41, 5.74) is 1.06. The van der Waals surface area contributed by atoms with E-state index >= 15 is 0 Å². The predicted octanol–water partition coefficient (Wildman–Crippen LogP) is 6.01. The SMILES string of the molecule is Cc1cccc(S(=O)(=O)N(c2ccc(F)cc2)C2CCN(Cc3cccc(C(F)(F)F)c3)CC2)c1. The van der Waals surface area contributed by atoms with Crippen molar-refractivity contribution in [2.75, 3.05) is 17.4 Å². The van der Waals surface area contributed by atoms with Crippen molar-refractivity contribution in [2.24, 2.45) is 0 Å². The van der Waals surface area contributed by atoms with Crippen LogP contribution >= 0.6 is 0 Å². The number of sulfonamides is 1. The molecule has 4 rings (SSSR count). The van der Waals surface area contributed by atoms with Gasteiger partial charge in [-0.25, -0.2) is 12.8 Å². The smallest absolute Gasteiger partial charge is 0.299 e. The van der Waals surface area contributed by atoms with Crippen molar-refractivity contribution in [1.29, 1.82) is 0 Å². The number of benzene rings is 3. The number of likely N-dealkylation sites (tertiary alicyclic amines) is 1.